The van der Waals surface area contributed by atoms with Gasteiger partial charge in [-0.25, -0.2) is 8.42 Å². The van der Waals surface area contributed by atoms with Gasteiger partial charge in [0.15, 0.2) is 0 Å². The van der Waals surface area contributed by atoms with E-state index < -0.39 is 30.0 Å². The van der Waals surface area contributed by atoms with Gasteiger partial charge in [0.25, 0.3) is 10.1 Å². The number of aromatic nitrogens is 6. The van der Waals surface area contributed by atoms with Crippen molar-refractivity contribution in [3.63, 3.8) is 0 Å². The van der Waals surface area contributed by atoms with E-state index in [1.165, 1.54) is 46.2 Å². The summed E-state index contributed by atoms with van der Waals surface area (Å²) in [4.78, 5) is 28.1. The fourth-order valence-electron chi connectivity index (χ4n) is 6.02. The van der Waals surface area contributed by atoms with Crippen LogP contribution >= 0.6 is 0 Å². The fraction of sp³-hybridized carbons (Fsp3) is 0.200. The molecule has 2 heterocycles. The minimum Gasteiger partial charge on any atom is -1.00 e. The molecular weight excluding hydrogens is 912 g/mol. The molecule has 0 aliphatic heterocycles. The molecule has 25 heteroatoms. The predicted molar refractivity (Wildman–Crippen MR) is 240 cm³/mol. The van der Waals surface area contributed by atoms with Crippen LogP contribution in [0.25, 0.3) is 12.2 Å². The van der Waals surface area contributed by atoms with Crippen LogP contribution in [-0.2, 0) is 20.2 Å². The first kappa shape index (κ1) is 50.7. The number of rotatable bonds is 22. The van der Waals surface area contributed by atoms with E-state index in [1.807, 2.05) is 12.1 Å². The molecule has 4 aromatic carbocycles. The molecule has 0 fully saturated rings. The first-order chi connectivity index (χ1) is 30.8. The summed E-state index contributed by atoms with van der Waals surface area (Å²) in [6.45, 7) is -0.841. The molecule has 22 nitrogen and oxygen atoms in total. The molecule has 0 aliphatic rings. The van der Waals surface area contributed by atoms with Gasteiger partial charge in [0.05, 0.1) is 31.3 Å². The normalized spacial score (nSPS) is 11.5. The van der Waals surface area contributed by atoms with E-state index in [0.29, 0.717) is 11.4 Å². The van der Waals surface area contributed by atoms with E-state index in [1.54, 1.807) is 48.5 Å². The molecular formula is C40H45KN12O10S2. The molecule has 0 bridgehead atoms. The first-order valence-corrected chi connectivity index (χ1v) is 22.1. The van der Waals surface area contributed by atoms with Crippen LogP contribution in [0.5, 0.6) is 0 Å². The molecule has 0 radical (unpaired) electrons. The number of para-hydroxylation sites is 2. The number of anilines is 10. The van der Waals surface area contributed by atoms with Gasteiger partial charge in [0.2, 0.25) is 35.7 Å². The Labute approximate surface area is 419 Å². The Balaban J connectivity index is 0.00000397. The summed E-state index contributed by atoms with van der Waals surface area (Å²) < 4.78 is 73.5. The van der Waals surface area contributed by atoms with Crippen molar-refractivity contribution in [3.8, 4) is 0 Å². The SMILES string of the molecule is O=S(=O)([O-])c1cc(Nc2nc(Nc3ccccc3)nc(N(CCO)CCO)n2)ccc1C=Cc1ccc(Nc2nc(Nc3ccccc3)nc(N(CCO)CCO)n2)cc1S(=O)(=O)O.[H+].[H-].[K+]. The third-order valence-electron chi connectivity index (χ3n) is 8.88. The van der Waals surface area contributed by atoms with Gasteiger partial charge in [-0.3, -0.25) is 4.55 Å². The molecule has 9 N–H and O–H groups in total. The number of aliphatic hydroxyl groups is 4. The van der Waals surface area contributed by atoms with Gasteiger partial charge in [0, 0.05) is 48.9 Å². The van der Waals surface area contributed by atoms with E-state index in [-0.39, 0.29) is 165 Å². The molecule has 0 amide bonds. The Bertz CT molecular complexity index is 2600. The Morgan fingerprint density at radius 2 is 0.862 bits per heavy atom. The third kappa shape index (κ3) is 14.6. The third-order valence-corrected chi connectivity index (χ3v) is 10.7. The molecule has 0 saturated heterocycles. The van der Waals surface area contributed by atoms with Gasteiger partial charge in [-0.1, -0.05) is 60.7 Å². The fourth-order valence-corrected chi connectivity index (χ4v) is 7.43. The number of nitrogens with zero attached hydrogens (tertiary/aromatic N) is 8. The van der Waals surface area contributed by atoms with Gasteiger partial charge in [0.1, 0.15) is 15.0 Å². The van der Waals surface area contributed by atoms with Crippen LogP contribution in [0.15, 0.2) is 107 Å². The standard InChI is InChI=1S/C40H44N12O10S2.K.H/c53-21-17-51(18-22-54)39-47-35(41-29-7-3-1-4-8-29)45-37(49-39)43-31-15-13-27(33(25-31)63(57,58)59)11-12-28-14-16-32(26-34(28)64(60,61)62)44-38-46-36(42-30-9-5-2-6-10-30)48-40(50-38)52(19-23-55)20-24-56;;/h1-16,25-26,53-56H,17-24H2,(H,57,58,59)(H,60,61,62)(H2,41,43,45,47,49)(H2,42,44,46,48,50);;/q;+1;-1. The molecule has 0 atom stereocenters. The van der Waals surface area contributed by atoms with Crippen molar-refractivity contribution in [1.82, 2.24) is 29.9 Å². The molecule has 0 aliphatic carbocycles. The molecule has 0 spiro atoms. The minimum atomic E-state index is -5.16. The average Bonchev–Trinajstić information content (AvgIpc) is 3.26. The number of benzene rings is 4. The van der Waals surface area contributed by atoms with Gasteiger partial charge < -0.3 is 57.5 Å². The van der Waals surface area contributed by atoms with Crippen LogP contribution in [0.4, 0.5) is 58.4 Å². The van der Waals surface area contributed by atoms with Crippen molar-refractivity contribution in [1.29, 1.82) is 0 Å². The van der Waals surface area contributed by atoms with E-state index >= 15 is 0 Å². The molecule has 0 unspecified atom stereocenters. The van der Waals surface area contributed by atoms with Crippen LogP contribution < -0.4 is 82.5 Å². The molecule has 338 valence electrons. The second kappa shape index (κ2) is 23.8. The van der Waals surface area contributed by atoms with E-state index in [9.17, 15) is 46.4 Å². The molecule has 0 saturated carbocycles. The van der Waals surface area contributed by atoms with Crippen molar-refractivity contribution >= 4 is 90.8 Å². The van der Waals surface area contributed by atoms with Gasteiger partial charge in [-0.05, 0) is 59.7 Å². The zero-order chi connectivity index (χ0) is 45.7. The van der Waals surface area contributed by atoms with E-state index in [4.69, 9.17) is 0 Å². The summed E-state index contributed by atoms with van der Waals surface area (Å²) >= 11 is 0. The van der Waals surface area contributed by atoms with Crippen LogP contribution in [0, 0.1) is 0 Å². The van der Waals surface area contributed by atoms with Gasteiger partial charge in [-0.2, -0.15) is 38.3 Å². The predicted octanol–water partition coefficient (Wildman–Crippen LogP) is 0.163. The smallest absolute Gasteiger partial charge is 1.00 e. The summed E-state index contributed by atoms with van der Waals surface area (Å²) in [5, 5.41) is 50.3. The van der Waals surface area contributed by atoms with Crippen molar-refractivity contribution < 1.29 is 101 Å². The topological polar surface area (TPSA) is 324 Å². The van der Waals surface area contributed by atoms with Crippen LogP contribution in [0.3, 0.4) is 0 Å². The number of nitrogens with one attached hydrogen (secondary N) is 4. The minimum absolute atomic E-state index is 0. The molecule has 65 heavy (non-hydrogen) atoms. The molecule has 6 aromatic rings. The molecule has 2 aromatic heterocycles. The van der Waals surface area contributed by atoms with E-state index in [2.05, 4.69) is 51.2 Å². The Morgan fingerprint density at radius 1 is 0.523 bits per heavy atom. The summed E-state index contributed by atoms with van der Waals surface area (Å²) in [6, 6.07) is 25.4. The summed E-state index contributed by atoms with van der Waals surface area (Å²) in [5.41, 5.74) is 1.21. The molecule has 6 rings (SSSR count). The maximum Gasteiger partial charge on any atom is 1.00 e. The van der Waals surface area contributed by atoms with Crippen LogP contribution in [0.2, 0.25) is 0 Å². The Morgan fingerprint density at radius 3 is 1.20 bits per heavy atom. The quantitative estimate of drug-likeness (QED) is 0.0249. The van der Waals surface area contributed by atoms with Gasteiger partial charge >= 0.3 is 52.8 Å². The maximum absolute atomic E-state index is 12.7. The van der Waals surface area contributed by atoms with Crippen molar-refractivity contribution in [2.45, 2.75) is 9.79 Å². The van der Waals surface area contributed by atoms with Crippen molar-refractivity contribution in [2.24, 2.45) is 0 Å². The number of hydrogen-bond acceptors (Lipinski definition) is 21. The second-order valence-corrected chi connectivity index (χ2v) is 16.2. The maximum atomic E-state index is 12.7. The van der Waals surface area contributed by atoms with Gasteiger partial charge in [-0.15, -0.1) is 0 Å². The number of hydrogen-bond donors (Lipinski definition) is 9. The van der Waals surface area contributed by atoms with Crippen LogP contribution in [-0.4, -0.2) is 129 Å². The zero-order valence-electron chi connectivity index (χ0n) is 36.7. The Kier molecular flexibility index (Phi) is 18.6. The summed E-state index contributed by atoms with van der Waals surface area (Å²) in [5.74, 6) is 0.124. The van der Waals surface area contributed by atoms with Crippen molar-refractivity contribution in [3.05, 3.63) is 108 Å². The monoisotopic (exact) mass is 956 g/mol. The number of aliphatic hydroxyl groups excluding tert-OH is 4. The average molecular weight is 957 g/mol. The van der Waals surface area contributed by atoms with Crippen molar-refractivity contribution in [2.75, 3.05) is 83.7 Å². The largest absolute Gasteiger partial charge is 1.00 e. The second-order valence-electron chi connectivity index (χ2n) is 13.4. The zero-order valence-corrected chi connectivity index (χ0v) is 39.5. The summed E-state index contributed by atoms with van der Waals surface area (Å²) in [6.07, 6.45) is 2.39. The van der Waals surface area contributed by atoms with Crippen LogP contribution in [0.1, 0.15) is 14.0 Å². The van der Waals surface area contributed by atoms with E-state index in [0.717, 1.165) is 12.1 Å². The summed E-state index contributed by atoms with van der Waals surface area (Å²) in [7, 11) is -10.1. The Hall–Kier alpha value is -5.26. The first-order valence-electron chi connectivity index (χ1n) is 19.3.